The Morgan fingerprint density at radius 1 is 1.12 bits per heavy atom. The van der Waals surface area contributed by atoms with Gasteiger partial charge in [0, 0.05) is 5.69 Å². The maximum atomic E-state index is 11.9. The number of aryl methyl sites for hydroxylation is 1. The summed E-state index contributed by atoms with van der Waals surface area (Å²) >= 11 is 0. The molecular weight excluding hydrogens is 306 g/mol. The van der Waals surface area contributed by atoms with Crippen LogP contribution >= 0.6 is 0 Å². The monoisotopic (exact) mass is 325 g/mol. The summed E-state index contributed by atoms with van der Waals surface area (Å²) in [5, 5.41) is 6.53. The number of carbonyl (C=O) groups excluding carboxylic acids is 2. The minimum absolute atomic E-state index is 0.302. The molecule has 2 aromatic rings. The highest BCUT2D eigenvalue weighted by Gasteiger charge is 2.09. The van der Waals surface area contributed by atoms with Gasteiger partial charge in [-0.15, -0.1) is 0 Å². The van der Waals surface area contributed by atoms with E-state index < -0.39 is 11.8 Å². The number of amides is 2. The molecule has 6 nitrogen and oxygen atoms in total. The maximum absolute atomic E-state index is 11.9. The summed E-state index contributed by atoms with van der Waals surface area (Å²) in [7, 11) is 1.57. The van der Waals surface area contributed by atoms with Crippen LogP contribution in [0.1, 0.15) is 17.5 Å². The molecule has 6 heteroatoms. The summed E-state index contributed by atoms with van der Waals surface area (Å²) in [5.41, 5.74) is 4.73. The molecule has 0 unspecified atom stereocenters. The fraction of sp³-hybridized carbons (Fsp3) is 0.167. The molecule has 124 valence electrons. The van der Waals surface area contributed by atoms with Gasteiger partial charge in [-0.05, 0) is 36.2 Å². The van der Waals surface area contributed by atoms with Crippen molar-refractivity contribution in [3.63, 3.8) is 0 Å². The molecule has 2 N–H and O–H groups in total. The van der Waals surface area contributed by atoms with E-state index in [9.17, 15) is 9.59 Å². The van der Waals surface area contributed by atoms with Crippen LogP contribution in [-0.2, 0) is 9.59 Å². The van der Waals surface area contributed by atoms with Crippen molar-refractivity contribution in [2.75, 3.05) is 12.4 Å². The molecule has 0 fully saturated rings. The normalized spacial score (nSPS) is 10.4. The van der Waals surface area contributed by atoms with Gasteiger partial charge in [-0.25, -0.2) is 5.43 Å². The second kappa shape index (κ2) is 8.47. The van der Waals surface area contributed by atoms with Gasteiger partial charge < -0.3 is 10.1 Å². The molecule has 0 aliphatic rings. The molecule has 2 amide bonds. The Morgan fingerprint density at radius 2 is 1.92 bits per heavy atom. The van der Waals surface area contributed by atoms with Crippen LogP contribution in [0, 0.1) is 6.92 Å². The molecular formula is C18H19N3O3. The van der Waals surface area contributed by atoms with Gasteiger partial charge in [0.15, 0.2) is 0 Å². The molecule has 0 aromatic heterocycles. The van der Waals surface area contributed by atoms with E-state index in [0.29, 0.717) is 11.4 Å². The highest BCUT2D eigenvalue weighted by Crippen LogP contribution is 2.13. The molecule has 0 spiro atoms. The number of anilines is 1. The average Bonchev–Trinajstić information content (AvgIpc) is 2.57. The van der Waals surface area contributed by atoms with Crippen molar-refractivity contribution >= 4 is 23.7 Å². The SMILES string of the molecule is COc1cccc(C=NNC(=O)CC(=O)Nc2ccccc2C)c1. The van der Waals surface area contributed by atoms with E-state index in [1.165, 1.54) is 6.21 Å². The quantitative estimate of drug-likeness (QED) is 0.486. The first-order valence-electron chi connectivity index (χ1n) is 7.40. The Morgan fingerprint density at radius 3 is 2.67 bits per heavy atom. The van der Waals surface area contributed by atoms with E-state index >= 15 is 0 Å². The molecule has 2 aromatic carbocycles. The van der Waals surface area contributed by atoms with Crippen LogP contribution < -0.4 is 15.5 Å². The number of hydrogen-bond acceptors (Lipinski definition) is 4. The summed E-state index contributed by atoms with van der Waals surface area (Å²) in [5.74, 6) is -0.179. The first-order chi connectivity index (χ1) is 11.6. The van der Waals surface area contributed by atoms with Crippen LogP contribution in [0.2, 0.25) is 0 Å². The molecule has 0 bridgehead atoms. The lowest BCUT2D eigenvalue weighted by molar-refractivity contribution is -0.126. The van der Waals surface area contributed by atoms with Gasteiger partial charge in [-0.2, -0.15) is 5.10 Å². The summed E-state index contributed by atoms with van der Waals surface area (Å²) in [6, 6.07) is 14.6. The number of ether oxygens (including phenoxy) is 1. The van der Waals surface area contributed by atoms with Crippen molar-refractivity contribution < 1.29 is 14.3 Å². The van der Waals surface area contributed by atoms with Crippen molar-refractivity contribution in [2.24, 2.45) is 5.10 Å². The maximum Gasteiger partial charge on any atom is 0.249 e. The lowest BCUT2D eigenvalue weighted by Crippen LogP contribution is -2.24. The summed E-state index contributed by atoms with van der Waals surface area (Å²) in [6.45, 7) is 1.88. The first kappa shape index (κ1) is 17.2. The van der Waals surface area contributed by atoms with Gasteiger partial charge in [0.25, 0.3) is 0 Å². The van der Waals surface area contributed by atoms with E-state index in [0.717, 1.165) is 11.1 Å². The average molecular weight is 325 g/mol. The number of methoxy groups -OCH3 is 1. The van der Waals surface area contributed by atoms with Crippen LogP contribution in [0.5, 0.6) is 5.75 Å². The van der Waals surface area contributed by atoms with Crippen molar-refractivity contribution in [3.8, 4) is 5.75 Å². The van der Waals surface area contributed by atoms with Crippen LogP contribution in [0.15, 0.2) is 53.6 Å². The summed E-state index contributed by atoms with van der Waals surface area (Å²) in [4.78, 5) is 23.6. The number of carbonyl (C=O) groups is 2. The molecule has 0 radical (unpaired) electrons. The van der Waals surface area contributed by atoms with Gasteiger partial charge in [-0.3, -0.25) is 9.59 Å². The highest BCUT2D eigenvalue weighted by molar-refractivity contribution is 6.04. The van der Waals surface area contributed by atoms with Gasteiger partial charge in [0.2, 0.25) is 11.8 Å². The van der Waals surface area contributed by atoms with Gasteiger partial charge in [0.05, 0.1) is 13.3 Å². The zero-order chi connectivity index (χ0) is 17.4. The number of nitrogens with zero attached hydrogens (tertiary/aromatic N) is 1. The van der Waals surface area contributed by atoms with Crippen LogP contribution in [0.4, 0.5) is 5.69 Å². The fourth-order valence-corrected chi connectivity index (χ4v) is 1.99. The van der Waals surface area contributed by atoms with Gasteiger partial charge in [-0.1, -0.05) is 30.3 Å². The van der Waals surface area contributed by atoms with E-state index in [4.69, 9.17) is 4.74 Å². The zero-order valence-corrected chi connectivity index (χ0v) is 13.6. The highest BCUT2D eigenvalue weighted by atomic mass is 16.5. The number of nitrogens with one attached hydrogen (secondary N) is 2. The van der Waals surface area contributed by atoms with Crippen molar-refractivity contribution in [1.82, 2.24) is 5.43 Å². The number of rotatable bonds is 6. The Kier molecular flexibility index (Phi) is 6.08. The molecule has 0 saturated heterocycles. The number of hydrogen-bond donors (Lipinski definition) is 2. The van der Waals surface area contributed by atoms with Gasteiger partial charge >= 0.3 is 0 Å². The lowest BCUT2D eigenvalue weighted by atomic mass is 10.2. The molecule has 24 heavy (non-hydrogen) atoms. The molecule has 0 heterocycles. The van der Waals surface area contributed by atoms with Crippen molar-refractivity contribution in [1.29, 1.82) is 0 Å². The van der Waals surface area contributed by atoms with Gasteiger partial charge in [0.1, 0.15) is 12.2 Å². The third kappa shape index (κ3) is 5.24. The first-order valence-corrected chi connectivity index (χ1v) is 7.40. The largest absolute Gasteiger partial charge is 0.497 e. The second-order valence-electron chi connectivity index (χ2n) is 5.11. The van der Waals surface area contributed by atoms with E-state index in [2.05, 4.69) is 15.8 Å². The topological polar surface area (TPSA) is 79.8 Å². The zero-order valence-electron chi connectivity index (χ0n) is 13.6. The molecule has 0 aliphatic carbocycles. The number of para-hydroxylation sites is 1. The van der Waals surface area contributed by atoms with E-state index in [1.54, 1.807) is 19.2 Å². The Bertz CT molecular complexity index is 757. The predicted molar refractivity (Wildman–Crippen MR) is 93.2 cm³/mol. The van der Waals surface area contributed by atoms with E-state index in [-0.39, 0.29) is 6.42 Å². The van der Waals surface area contributed by atoms with Crippen LogP contribution in [-0.4, -0.2) is 25.1 Å². The summed E-state index contributed by atoms with van der Waals surface area (Å²) in [6.07, 6.45) is 1.18. The van der Waals surface area contributed by atoms with Crippen LogP contribution in [0.3, 0.4) is 0 Å². The van der Waals surface area contributed by atoms with Crippen molar-refractivity contribution in [2.45, 2.75) is 13.3 Å². The minimum Gasteiger partial charge on any atom is -0.497 e. The second-order valence-corrected chi connectivity index (χ2v) is 5.11. The Balaban J connectivity index is 1.83. The minimum atomic E-state index is -0.486. The summed E-state index contributed by atoms with van der Waals surface area (Å²) < 4.78 is 5.10. The number of benzene rings is 2. The van der Waals surface area contributed by atoms with Crippen molar-refractivity contribution in [3.05, 3.63) is 59.7 Å². The lowest BCUT2D eigenvalue weighted by Gasteiger charge is -2.07. The van der Waals surface area contributed by atoms with Crippen LogP contribution in [0.25, 0.3) is 0 Å². The third-order valence-corrected chi connectivity index (χ3v) is 3.24. The molecule has 2 rings (SSSR count). The molecule has 0 atom stereocenters. The third-order valence-electron chi connectivity index (χ3n) is 3.24. The number of hydrazone groups is 1. The Labute approximate surface area is 140 Å². The fourth-order valence-electron chi connectivity index (χ4n) is 1.99. The standard InChI is InChI=1S/C18H19N3O3/c1-13-6-3-4-9-16(13)20-17(22)11-18(23)21-19-12-14-7-5-8-15(10-14)24-2/h3-10,12H,11H2,1-2H3,(H,20,22)(H,21,23). The predicted octanol–water partition coefficient (Wildman–Crippen LogP) is 2.48. The molecule has 0 saturated carbocycles. The smallest absolute Gasteiger partial charge is 0.249 e. The van der Waals surface area contributed by atoms with E-state index in [1.807, 2.05) is 43.3 Å². The molecule has 0 aliphatic heterocycles. The Hall–Kier alpha value is -3.15.